The number of nitrogens with zero attached hydrogens (tertiary/aromatic N) is 2. The van der Waals surface area contributed by atoms with E-state index in [0.29, 0.717) is 5.69 Å². The third kappa shape index (κ3) is 3.43. The van der Waals surface area contributed by atoms with Crippen LogP contribution in [-0.2, 0) is 0 Å². The van der Waals surface area contributed by atoms with Gasteiger partial charge in [0.15, 0.2) is 0 Å². The minimum absolute atomic E-state index is 0.114. The minimum atomic E-state index is -0.301. The van der Waals surface area contributed by atoms with Gasteiger partial charge in [-0.25, -0.2) is 9.18 Å². The lowest BCUT2D eigenvalue weighted by molar-refractivity contribution is 0.213. The van der Waals surface area contributed by atoms with Crippen LogP contribution in [0.2, 0.25) is 0 Å². The molecule has 98 valence electrons. The highest BCUT2D eigenvalue weighted by molar-refractivity contribution is 5.89. The Morgan fingerprint density at radius 1 is 1.17 bits per heavy atom. The van der Waals surface area contributed by atoms with Crippen molar-refractivity contribution in [3.63, 3.8) is 0 Å². The van der Waals surface area contributed by atoms with Crippen LogP contribution in [0.25, 0.3) is 0 Å². The van der Waals surface area contributed by atoms with Crippen molar-refractivity contribution in [3.05, 3.63) is 30.1 Å². The van der Waals surface area contributed by atoms with Crippen LogP contribution in [0, 0.1) is 5.82 Å². The molecule has 0 spiro atoms. The molecule has 1 heterocycles. The van der Waals surface area contributed by atoms with E-state index in [1.165, 1.54) is 12.1 Å². The number of hydrogen-bond acceptors (Lipinski definition) is 2. The monoisotopic (exact) mass is 251 g/mol. The number of amides is 2. The van der Waals surface area contributed by atoms with Crippen molar-refractivity contribution in [3.8, 4) is 0 Å². The molecule has 18 heavy (non-hydrogen) atoms. The first-order valence-electron chi connectivity index (χ1n) is 6.15. The second-order valence-corrected chi connectivity index (χ2v) is 4.58. The fraction of sp³-hybridized carbons (Fsp3) is 0.462. The average molecular weight is 251 g/mol. The van der Waals surface area contributed by atoms with Gasteiger partial charge in [-0.15, -0.1) is 0 Å². The summed E-state index contributed by atoms with van der Waals surface area (Å²) in [6, 6.07) is 5.70. The molecule has 0 bridgehead atoms. The van der Waals surface area contributed by atoms with E-state index in [1.54, 1.807) is 17.0 Å². The molecule has 1 aliphatic heterocycles. The molecule has 1 N–H and O–H groups in total. The zero-order valence-corrected chi connectivity index (χ0v) is 10.5. The standard InChI is InChI=1S/C13H18FN3O/c1-16-7-2-8-17(10-9-16)13(18)15-12-5-3-11(14)4-6-12/h3-6H,2,7-10H2,1H3,(H,15,18). The summed E-state index contributed by atoms with van der Waals surface area (Å²) in [5, 5.41) is 2.78. The topological polar surface area (TPSA) is 35.6 Å². The summed E-state index contributed by atoms with van der Waals surface area (Å²) in [7, 11) is 2.06. The molecule has 2 rings (SSSR count). The van der Waals surface area contributed by atoms with Crippen LogP contribution in [0.4, 0.5) is 14.9 Å². The summed E-state index contributed by atoms with van der Waals surface area (Å²) in [5.74, 6) is -0.301. The summed E-state index contributed by atoms with van der Waals surface area (Å²) >= 11 is 0. The van der Waals surface area contributed by atoms with Crippen LogP contribution >= 0.6 is 0 Å². The van der Waals surface area contributed by atoms with Crippen LogP contribution in [0.1, 0.15) is 6.42 Å². The van der Waals surface area contributed by atoms with E-state index in [1.807, 2.05) is 0 Å². The Kier molecular flexibility index (Phi) is 4.15. The highest BCUT2D eigenvalue weighted by atomic mass is 19.1. The lowest BCUT2D eigenvalue weighted by Gasteiger charge is -2.21. The number of carbonyl (C=O) groups excluding carboxylic acids is 1. The zero-order chi connectivity index (χ0) is 13.0. The Labute approximate surface area is 106 Å². The van der Waals surface area contributed by atoms with Gasteiger partial charge >= 0.3 is 6.03 Å². The molecule has 1 aromatic rings. The first-order valence-corrected chi connectivity index (χ1v) is 6.15. The number of halogens is 1. The SMILES string of the molecule is CN1CCCN(C(=O)Nc2ccc(F)cc2)CC1. The molecule has 1 fully saturated rings. The molecule has 2 amide bonds. The van der Waals surface area contributed by atoms with Crippen LogP contribution in [0.15, 0.2) is 24.3 Å². The predicted molar refractivity (Wildman–Crippen MR) is 69.1 cm³/mol. The van der Waals surface area contributed by atoms with Gasteiger partial charge in [-0.2, -0.15) is 0 Å². The third-order valence-corrected chi connectivity index (χ3v) is 3.10. The number of hydrogen-bond donors (Lipinski definition) is 1. The van der Waals surface area contributed by atoms with Gasteiger partial charge < -0.3 is 15.1 Å². The first-order chi connectivity index (χ1) is 8.65. The van der Waals surface area contributed by atoms with Crippen molar-refractivity contribution in [1.29, 1.82) is 0 Å². The average Bonchev–Trinajstić information content (AvgIpc) is 2.57. The van der Waals surface area contributed by atoms with Crippen molar-refractivity contribution in [2.75, 3.05) is 38.5 Å². The molecule has 0 saturated carbocycles. The van der Waals surface area contributed by atoms with E-state index in [2.05, 4.69) is 17.3 Å². The highest BCUT2D eigenvalue weighted by Gasteiger charge is 2.17. The van der Waals surface area contributed by atoms with E-state index in [-0.39, 0.29) is 11.8 Å². The molecule has 0 radical (unpaired) electrons. The third-order valence-electron chi connectivity index (χ3n) is 3.10. The fourth-order valence-corrected chi connectivity index (χ4v) is 1.99. The quantitative estimate of drug-likeness (QED) is 0.828. The van der Waals surface area contributed by atoms with Gasteiger partial charge in [-0.1, -0.05) is 0 Å². The van der Waals surface area contributed by atoms with Gasteiger partial charge in [-0.05, 0) is 44.3 Å². The van der Waals surface area contributed by atoms with Crippen LogP contribution < -0.4 is 5.32 Å². The van der Waals surface area contributed by atoms with Crippen LogP contribution in [-0.4, -0.2) is 49.1 Å². The molecule has 1 aliphatic rings. The second-order valence-electron chi connectivity index (χ2n) is 4.58. The Morgan fingerprint density at radius 3 is 2.61 bits per heavy atom. The van der Waals surface area contributed by atoms with Crippen molar-refractivity contribution >= 4 is 11.7 Å². The van der Waals surface area contributed by atoms with Gasteiger partial charge in [0.05, 0.1) is 0 Å². The Morgan fingerprint density at radius 2 is 1.89 bits per heavy atom. The number of carbonyl (C=O) groups is 1. The smallest absolute Gasteiger partial charge is 0.321 e. The maximum atomic E-state index is 12.7. The molecule has 5 heteroatoms. The summed E-state index contributed by atoms with van der Waals surface area (Å²) in [6.07, 6.45) is 0.980. The molecule has 1 saturated heterocycles. The largest absolute Gasteiger partial charge is 0.323 e. The fourth-order valence-electron chi connectivity index (χ4n) is 1.99. The van der Waals surface area contributed by atoms with Gasteiger partial charge in [0.1, 0.15) is 5.82 Å². The van der Waals surface area contributed by atoms with E-state index >= 15 is 0 Å². The normalized spacial score (nSPS) is 17.3. The van der Waals surface area contributed by atoms with Gasteiger partial charge in [0, 0.05) is 25.3 Å². The maximum absolute atomic E-state index is 12.7. The number of anilines is 1. The summed E-state index contributed by atoms with van der Waals surface area (Å²) in [4.78, 5) is 16.0. The first kappa shape index (κ1) is 12.8. The van der Waals surface area contributed by atoms with Gasteiger partial charge in [0.25, 0.3) is 0 Å². The number of rotatable bonds is 1. The summed E-state index contributed by atoms with van der Waals surface area (Å²) in [5.41, 5.74) is 0.624. The van der Waals surface area contributed by atoms with Crippen LogP contribution in [0.5, 0.6) is 0 Å². The lowest BCUT2D eigenvalue weighted by atomic mass is 10.3. The molecular formula is C13H18FN3O. The number of urea groups is 1. The zero-order valence-electron chi connectivity index (χ0n) is 10.5. The molecule has 0 unspecified atom stereocenters. The Hall–Kier alpha value is -1.62. The number of benzene rings is 1. The lowest BCUT2D eigenvalue weighted by Crippen LogP contribution is -2.37. The van der Waals surface area contributed by atoms with E-state index in [4.69, 9.17) is 0 Å². The summed E-state index contributed by atoms with van der Waals surface area (Å²) in [6.45, 7) is 3.39. The van der Waals surface area contributed by atoms with E-state index in [9.17, 15) is 9.18 Å². The Balaban J connectivity index is 1.92. The van der Waals surface area contributed by atoms with Gasteiger partial charge in [0.2, 0.25) is 0 Å². The number of nitrogens with one attached hydrogen (secondary N) is 1. The maximum Gasteiger partial charge on any atom is 0.321 e. The van der Waals surface area contributed by atoms with Gasteiger partial charge in [-0.3, -0.25) is 0 Å². The molecule has 4 nitrogen and oxygen atoms in total. The molecule has 0 atom stereocenters. The Bertz CT molecular complexity index is 407. The van der Waals surface area contributed by atoms with E-state index < -0.39 is 0 Å². The predicted octanol–water partition coefficient (Wildman–Crippen LogP) is 2.00. The highest BCUT2D eigenvalue weighted by Crippen LogP contribution is 2.10. The molecule has 0 aromatic heterocycles. The van der Waals surface area contributed by atoms with E-state index in [0.717, 1.165) is 32.6 Å². The number of likely N-dealkylation sites (N-methyl/N-ethyl adjacent to an activating group) is 1. The molecule has 1 aromatic carbocycles. The molecule has 0 aliphatic carbocycles. The second kappa shape index (κ2) is 5.82. The minimum Gasteiger partial charge on any atom is -0.323 e. The van der Waals surface area contributed by atoms with Crippen molar-refractivity contribution in [1.82, 2.24) is 9.80 Å². The molecular weight excluding hydrogens is 233 g/mol. The van der Waals surface area contributed by atoms with Crippen LogP contribution in [0.3, 0.4) is 0 Å². The summed E-state index contributed by atoms with van der Waals surface area (Å²) < 4.78 is 12.7. The van der Waals surface area contributed by atoms with Crippen molar-refractivity contribution in [2.45, 2.75) is 6.42 Å². The van der Waals surface area contributed by atoms with Crippen molar-refractivity contribution < 1.29 is 9.18 Å². The van der Waals surface area contributed by atoms with Crippen molar-refractivity contribution in [2.24, 2.45) is 0 Å².